The maximum absolute atomic E-state index is 5.88. The Labute approximate surface area is 142 Å². The van der Waals surface area contributed by atoms with Crippen LogP contribution in [0.25, 0.3) is 0 Å². The SMILES string of the molecule is CNC(c1cc(C)ccc1Br)c1cc(Br)cc2c1OCC2. The molecule has 1 aliphatic rings. The lowest BCUT2D eigenvalue weighted by atomic mass is 9.95. The van der Waals surface area contributed by atoms with Gasteiger partial charge in [-0.25, -0.2) is 0 Å². The second-order valence-corrected chi connectivity index (χ2v) is 7.10. The second-order valence-electron chi connectivity index (χ2n) is 5.33. The summed E-state index contributed by atoms with van der Waals surface area (Å²) in [7, 11) is 1.99. The lowest BCUT2D eigenvalue weighted by molar-refractivity contribution is 0.351. The van der Waals surface area contributed by atoms with Crippen molar-refractivity contribution < 1.29 is 4.74 Å². The van der Waals surface area contributed by atoms with Crippen molar-refractivity contribution in [3.63, 3.8) is 0 Å². The monoisotopic (exact) mass is 409 g/mol. The molecule has 0 amide bonds. The number of benzene rings is 2. The number of aryl methyl sites for hydroxylation is 1. The van der Waals surface area contributed by atoms with Gasteiger partial charge < -0.3 is 10.1 Å². The number of hydrogen-bond acceptors (Lipinski definition) is 2. The topological polar surface area (TPSA) is 21.3 Å². The molecule has 0 fully saturated rings. The first-order valence-electron chi connectivity index (χ1n) is 6.98. The normalized spacial score (nSPS) is 14.7. The van der Waals surface area contributed by atoms with Gasteiger partial charge in [-0.3, -0.25) is 0 Å². The Balaban J connectivity index is 2.15. The Morgan fingerprint density at radius 1 is 1.14 bits per heavy atom. The Morgan fingerprint density at radius 2 is 1.95 bits per heavy atom. The molecule has 2 aromatic carbocycles. The summed E-state index contributed by atoms with van der Waals surface area (Å²) in [5.41, 5.74) is 4.95. The van der Waals surface area contributed by atoms with Gasteiger partial charge in [0.05, 0.1) is 12.6 Å². The van der Waals surface area contributed by atoms with Gasteiger partial charge in [-0.05, 0) is 43.3 Å². The first-order chi connectivity index (χ1) is 10.1. The third kappa shape index (κ3) is 2.89. The van der Waals surface area contributed by atoms with Crippen molar-refractivity contribution in [1.29, 1.82) is 0 Å². The van der Waals surface area contributed by atoms with E-state index in [-0.39, 0.29) is 6.04 Å². The summed E-state index contributed by atoms with van der Waals surface area (Å²) < 4.78 is 8.10. The van der Waals surface area contributed by atoms with Gasteiger partial charge in [-0.2, -0.15) is 0 Å². The zero-order valence-electron chi connectivity index (χ0n) is 12.0. The van der Waals surface area contributed by atoms with Crippen LogP contribution in [0.15, 0.2) is 39.3 Å². The molecule has 1 aliphatic heterocycles. The van der Waals surface area contributed by atoms with Crippen LogP contribution in [-0.4, -0.2) is 13.7 Å². The molecule has 0 saturated heterocycles. The Kier molecular flexibility index (Phi) is 4.38. The van der Waals surface area contributed by atoms with Crippen molar-refractivity contribution in [3.05, 3.63) is 61.5 Å². The molecule has 2 nitrogen and oxygen atoms in total. The second kappa shape index (κ2) is 6.11. The molecule has 4 heteroatoms. The molecule has 110 valence electrons. The third-order valence-electron chi connectivity index (χ3n) is 3.84. The Bertz CT molecular complexity index is 685. The molecule has 0 aromatic heterocycles. The van der Waals surface area contributed by atoms with E-state index >= 15 is 0 Å². The predicted octanol–water partition coefficient (Wildman–Crippen LogP) is 4.76. The van der Waals surface area contributed by atoms with Crippen molar-refractivity contribution in [2.75, 3.05) is 13.7 Å². The van der Waals surface area contributed by atoms with E-state index in [4.69, 9.17) is 4.74 Å². The highest BCUT2D eigenvalue weighted by atomic mass is 79.9. The average Bonchev–Trinajstić information content (AvgIpc) is 2.91. The van der Waals surface area contributed by atoms with Crippen molar-refractivity contribution >= 4 is 31.9 Å². The number of nitrogens with one attached hydrogen (secondary N) is 1. The molecular formula is C17H17Br2NO. The Morgan fingerprint density at radius 3 is 2.71 bits per heavy atom. The van der Waals surface area contributed by atoms with Gasteiger partial charge in [-0.15, -0.1) is 0 Å². The number of fused-ring (bicyclic) bond motifs is 1. The van der Waals surface area contributed by atoms with E-state index in [1.807, 2.05) is 7.05 Å². The lowest BCUT2D eigenvalue weighted by Crippen LogP contribution is -2.19. The smallest absolute Gasteiger partial charge is 0.127 e. The first kappa shape index (κ1) is 15.1. The fraction of sp³-hybridized carbons (Fsp3) is 0.294. The van der Waals surface area contributed by atoms with Crippen LogP contribution in [-0.2, 0) is 6.42 Å². The van der Waals surface area contributed by atoms with E-state index in [1.165, 1.54) is 22.3 Å². The maximum Gasteiger partial charge on any atom is 0.127 e. The lowest BCUT2D eigenvalue weighted by Gasteiger charge is -2.22. The van der Waals surface area contributed by atoms with Crippen LogP contribution in [0, 0.1) is 6.92 Å². The van der Waals surface area contributed by atoms with Crippen LogP contribution in [0.2, 0.25) is 0 Å². The molecule has 0 bridgehead atoms. The molecule has 3 rings (SSSR count). The zero-order chi connectivity index (χ0) is 15.0. The van der Waals surface area contributed by atoms with Crippen LogP contribution in [0.5, 0.6) is 5.75 Å². The minimum Gasteiger partial charge on any atom is -0.493 e. The van der Waals surface area contributed by atoms with Crippen LogP contribution < -0.4 is 10.1 Å². The summed E-state index contributed by atoms with van der Waals surface area (Å²) >= 11 is 7.30. The van der Waals surface area contributed by atoms with E-state index in [0.29, 0.717) is 0 Å². The minimum absolute atomic E-state index is 0.101. The van der Waals surface area contributed by atoms with Crippen molar-refractivity contribution in [1.82, 2.24) is 5.32 Å². The van der Waals surface area contributed by atoms with Crippen molar-refractivity contribution in [2.24, 2.45) is 0 Å². The highest BCUT2D eigenvalue weighted by Crippen LogP contribution is 2.40. The summed E-state index contributed by atoms with van der Waals surface area (Å²) in [5, 5.41) is 3.43. The molecule has 2 aromatic rings. The van der Waals surface area contributed by atoms with E-state index in [9.17, 15) is 0 Å². The van der Waals surface area contributed by atoms with Crippen LogP contribution in [0.4, 0.5) is 0 Å². The van der Waals surface area contributed by atoms with Crippen LogP contribution in [0.3, 0.4) is 0 Å². The molecule has 0 aliphatic carbocycles. The van der Waals surface area contributed by atoms with E-state index in [1.54, 1.807) is 0 Å². The summed E-state index contributed by atoms with van der Waals surface area (Å²) in [6.07, 6.45) is 0.979. The van der Waals surface area contributed by atoms with Gasteiger partial charge in [0.15, 0.2) is 0 Å². The fourth-order valence-corrected chi connectivity index (χ4v) is 3.87. The molecule has 1 unspecified atom stereocenters. The quantitative estimate of drug-likeness (QED) is 0.787. The van der Waals surface area contributed by atoms with E-state index in [2.05, 4.69) is 74.4 Å². The van der Waals surface area contributed by atoms with Crippen molar-refractivity contribution in [2.45, 2.75) is 19.4 Å². The molecule has 1 heterocycles. The largest absolute Gasteiger partial charge is 0.493 e. The standard InChI is InChI=1S/C17H17Br2NO/c1-10-3-4-15(19)13(7-10)16(20-2)14-9-12(18)8-11-5-6-21-17(11)14/h3-4,7-9,16,20H,5-6H2,1-2H3. The molecule has 0 saturated carbocycles. The van der Waals surface area contributed by atoms with Gasteiger partial charge in [0.2, 0.25) is 0 Å². The summed E-state index contributed by atoms with van der Waals surface area (Å²) in [6, 6.07) is 10.8. The summed E-state index contributed by atoms with van der Waals surface area (Å²) in [6.45, 7) is 2.88. The third-order valence-corrected chi connectivity index (χ3v) is 5.02. The number of hydrogen-bond donors (Lipinski definition) is 1. The van der Waals surface area contributed by atoms with E-state index in [0.717, 1.165) is 27.7 Å². The highest BCUT2D eigenvalue weighted by Gasteiger charge is 2.24. The van der Waals surface area contributed by atoms with Gasteiger partial charge in [-0.1, -0.05) is 49.6 Å². The molecular weight excluding hydrogens is 394 g/mol. The van der Waals surface area contributed by atoms with Crippen molar-refractivity contribution in [3.8, 4) is 5.75 Å². The van der Waals surface area contributed by atoms with Gasteiger partial charge in [0.25, 0.3) is 0 Å². The molecule has 0 spiro atoms. The first-order valence-corrected chi connectivity index (χ1v) is 8.57. The fourth-order valence-electron chi connectivity index (χ4n) is 2.88. The predicted molar refractivity (Wildman–Crippen MR) is 93.1 cm³/mol. The average molecular weight is 411 g/mol. The minimum atomic E-state index is 0.101. The van der Waals surface area contributed by atoms with Crippen LogP contribution in [0.1, 0.15) is 28.3 Å². The summed E-state index contributed by atoms with van der Waals surface area (Å²) in [4.78, 5) is 0. The molecule has 1 N–H and O–H groups in total. The van der Waals surface area contributed by atoms with Gasteiger partial charge in [0, 0.05) is 20.9 Å². The Hall–Kier alpha value is -0.840. The number of ether oxygens (including phenoxy) is 1. The highest BCUT2D eigenvalue weighted by molar-refractivity contribution is 9.10. The molecule has 1 atom stereocenters. The number of rotatable bonds is 3. The number of halogens is 2. The van der Waals surface area contributed by atoms with Gasteiger partial charge >= 0.3 is 0 Å². The van der Waals surface area contributed by atoms with E-state index < -0.39 is 0 Å². The summed E-state index contributed by atoms with van der Waals surface area (Å²) in [5.74, 6) is 1.03. The maximum atomic E-state index is 5.88. The molecule has 21 heavy (non-hydrogen) atoms. The van der Waals surface area contributed by atoms with Crippen LogP contribution >= 0.6 is 31.9 Å². The van der Waals surface area contributed by atoms with Gasteiger partial charge in [0.1, 0.15) is 5.75 Å². The molecule has 0 radical (unpaired) electrons. The zero-order valence-corrected chi connectivity index (χ0v) is 15.2.